The number of hydrogen-bond acceptors (Lipinski definition) is 4. The van der Waals surface area contributed by atoms with Crippen molar-refractivity contribution in [1.29, 1.82) is 0 Å². The normalized spacial score (nSPS) is 14.1. The lowest BCUT2D eigenvalue weighted by Gasteiger charge is -2.22. The molecule has 4 nitrogen and oxygen atoms in total. The Bertz CT molecular complexity index is 566. The summed E-state index contributed by atoms with van der Waals surface area (Å²) in [6.45, 7) is 1.86. The van der Waals surface area contributed by atoms with Crippen LogP contribution in [0.15, 0.2) is 42.9 Å². The molecule has 0 bridgehead atoms. The van der Waals surface area contributed by atoms with Gasteiger partial charge < -0.3 is 10.2 Å². The van der Waals surface area contributed by atoms with Crippen molar-refractivity contribution in [3.63, 3.8) is 0 Å². The second-order valence-corrected chi connectivity index (χ2v) is 5.65. The van der Waals surface area contributed by atoms with E-state index in [2.05, 4.69) is 39.4 Å². The highest BCUT2D eigenvalue weighted by atomic mass is 15.1. The standard InChI is InChI=1S/C17H22N4/c1-21(11-8-15-4-2-3-9-19-15)17-7-10-18-12-14(17)13-20-16-5-6-16/h2-4,7,9-10,12,16,20H,5-6,8,11,13H2,1H3. The van der Waals surface area contributed by atoms with Crippen molar-refractivity contribution in [2.24, 2.45) is 0 Å². The highest BCUT2D eigenvalue weighted by Gasteiger charge is 2.20. The third-order valence-electron chi connectivity index (χ3n) is 3.88. The van der Waals surface area contributed by atoms with E-state index < -0.39 is 0 Å². The van der Waals surface area contributed by atoms with Crippen LogP contribution in [-0.2, 0) is 13.0 Å². The van der Waals surface area contributed by atoms with Gasteiger partial charge in [0.1, 0.15) is 0 Å². The molecule has 0 atom stereocenters. The summed E-state index contributed by atoms with van der Waals surface area (Å²) in [7, 11) is 2.14. The molecule has 21 heavy (non-hydrogen) atoms. The van der Waals surface area contributed by atoms with Crippen LogP contribution in [0.2, 0.25) is 0 Å². The Kier molecular flexibility index (Phi) is 4.46. The highest BCUT2D eigenvalue weighted by Crippen LogP contribution is 2.22. The topological polar surface area (TPSA) is 41.1 Å². The number of nitrogens with zero attached hydrogens (tertiary/aromatic N) is 3. The second kappa shape index (κ2) is 6.68. The smallest absolute Gasteiger partial charge is 0.0440 e. The van der Waals surface area contributed by atoms with E-state index >= 15 is 0 Å². The maximum atomic E-state index is 4.38. The predicted molar refractivity (Wildman–Crippen MR) is 85.3 cm³/mol. The Hall–Kier alpha value is -1.94. The summed E-state index contributed by atoms with van der Waals surface area (Å²) in [6.07, 6.45) is 9.27. The summed E-state index contributed by atoms with van der Waals surface area (Å²) in [4.78, 5) is 10.9. The van der Waals surface area contributed by atoms with Crippen LogP contribution in [0.1, 0.15) is 24.1 Å². The van der Waals surface area contributed by atoms with Crippen molar-refractivity contribution in [2.45, 2.75) is 31.8 Å². The van der Waals surface area contributed by atoms with Gasteiger partial charge >= 0.3 is 0 Å². The van der Waals surface area contributed by atoms with Gasteiger partial charge in [0.25, 0.3) is 0 Å². The van der Waals surface area contributed by atoms with Gasteiger partial charge in [-0.3, -0.25) is 9.97 Å². The predicted octanol–water partition coefficient (Wildman–Crippen LogP) is 2.41. The van der Waals surface area contributed by atoms with Crippen LogP contribution in [0.4, 0.5) is 5.69 Å². The molecular formula is C17H22N4. The molecule has 4 heteroatoms. The van der Waals surface area contributed by atoms with Gasteiger partial charge in [-0.1, -0.05) is 6.07 Å². The minimum Gasteiger partial charge on any atom is -0.374 e. The maximum Gasteiger partial charge on any atom is 0.0440 e. The summed E-state index contributed by atoms with van der Waals surface area (Å²) < 4.78 is 0. The Morgan fingerprint density at radius 2 is 2.14 bits per heavy atom. The van der Waals surface area contributed by atoms with Gasteiger partial charge in [0.05, 0.1) is 0 Å². The zero-order valence-corrected chi connectivity index (χ0v) is 12.5. The quantitative estimate of drug-likeness (QED) is 0.846. The molecule has 1 N–H and O–H groups in total. The van der Waals surface area contributed by atoms with Crippen molar-refractivity contribution >= 4 is 5.69 Å². The lowest BCUT2D eigenvalue weighted by Crippen LogP contribution is -2.24. The molecule has 0 aliphatic heterocycles. The van der Waals surface area contributed by atoms with Gasteiger partial charge in [-0.25, -0.2) is 0 Å². The molecule has 0 radical (unpaired) electrons. The van der Waals surface area contributed by atoms with Crippen LogP contribution in [0.3, 0.4) is 0 Å². The largest absolute Gasteiger partial charge is 0.374 e. The molecule has 0 unspecified atom stereocenters. The minimum atomic E-state index is 0.719. The van der Waals surface area contributed by atoms with Gasteiger partial charge in [-0.2, -0.15) is 0 Å². The first-order valence-electron chi connectivity index (χ1n) is 7.60. The number of anilines is 1. The first-order chi connectivity index (χ1) is 10.3. The molecule has 2 aromatic rings. The van der Waals surface area contributed by atoms with Gasteiger partial charge in [-0.05, 0) is 31.0 Å². The lowest BCUT2D eigenvalue weighted by molar-refractivity contribution is 0.683. The van der Waals surface area contributed by atoms with E-state index in [1.165, 1.54) is 24.1 Å². The summed E-state index contributed by atoms with van der Waals surface area (Å²) in [5, 5.41) is 3.56. The van der Waals surface area contributed by atoms with Gasteiger partial charge in [0, 0.05) is 68.1 Å². The Morgan fingerprint density at radius 1 is 1.24 bits per heavy atom. The summed E-state index contributed by atoms with van der Waals surface area (Å²) in [5.41, 5.74) is 3.66. The molecule has 1 aliphatic carbocycles. The van der Waals surface area contributed by atoms with Crippen LogP contribution in [-0.4, -0.2) is 29.6 Å². The van der Waals surface area contributed by atoms with E-state index in [9.17, 15) is 0 Å². The van der Waals surface area contributed by atoms with Crippen molar-refractivity contribution in [3.05, 3.63) is 54.1 Å². The zero-order chi connectivity index (χ0) is 14.5. The van der Waals surface area contributed by atoms with Crippen molar-refractivity contribution in [3.8, 4) is 0 Å². The fourth-order valence-electron chi connectivity index (χ4n) is 2.42. The fourth-order valence-corrected chi connectivity index (χ4v) is 2.42. The minimum absolute atomic E-state index is 0.719. The molecule has 1 aliphatic rings. The van der Waals surface area contributed by atoms with E-state index in [4.69, 9.17) is 0 Å². The van der Waals surface area contributed by atoms with Gasteiger partial charge in [0.15, 0.2) is 0 Å². The molecule has 0 saturated heterocycles. The fraction of sp³-hybridized carbons (Fsp3) is 0.412. The number of hydrogen-bond donors (Lipinski definition) is 1. The number of aromatic nitrogens is 2. The molecule has 2 aromatic heterocycles. The number of likely N-dealkylation sites (N-methyl/N-ethyl adjacent to an activating group) is 1. The Morgan fingerprint density at radius 3 is 2.90 bits per heavy atom. The molecule has 0 aromatic carbocycles. The highest BCUT2D eigenvalue weighted by molar-refractivity contribution is 5.51. The van der Waals surface area contributed by atoms with E-state index in [-0.39, 0.29) is 0 Å². The maximum absolute atomic E-state index is 4.38. The summed E-state index contributed by atoms with van der Waals surface area (Å²) in [6, 6.07) is 8.90. The summed E-state index contributed by atoms with van der Waals surface area (Å²) in [5.74, 6) is 0. The molecule has 3 rings (SSSR count). The molecule has 2 heterocycles. The van der Waals surface area contributed by atoms with Crippen LogP contribution in [0.5, 0.6) is 0 Å². The zero-order valence-electron chi connectivity index (χ0n) is 12.5. The third kappa shape index (κ3) is 4.02. The molecular weight excluding hydrogens is 260 g/mol. The molecule has 0 spiro atoms. The lowest BCUT2D eigenvalue weighted by atomic mass is 10.2. The van der Waals surface area contributed by atoms with Gasteiger partial charge in [-0.15, -0.1) is 0 Å². The van der Waals surface area contributed by atoms with Crippen LogP contribution in [0.25, 0.3) is 0 Å². The van der Waals surface area contributed by atoms with Crippen molar-refractivity contribution in [2.75, 3.05) is 18.5 Å². The summed E-state index contributed by atoms with van der Waals surface area (Å²) >= 11 is 0. The first-order valence-corrected chi connectivity index (χ1v) is 7.60. The van der Waals surface area contributed by atoms with Crippen LogP contribution >= 0.6 is 0 Å². The third-order valence-corrected chi connectivity index (χ3v) is 3.88. The molecule has 1 saturated carbocycles. The SMILES string of the molecule is CN(CCc1ccccn1)c1ccncc1CNC1CC1. The Labute approximate surface area is 126 Å². The second-order valence-electron chi connectivity index (χ2n) is 5.65. The average molecular weight is 282 g/mol. The van der Waals surface area contributed by atoms with E-state index in [1.807, 2.05) is 30.7 Å². The molecule has 110 valence electrons. The van der Waals surface area contributed by atoms with E-state index in [0.717, 1.165) is 31.2 Å². The molecule has 0 amide bonds. The van der Waals surface area contributed by atoms with E-state index in [1.54, 1.807) is 0 Å². The first kappa shape index (κ1) is 14.0. The van der Waals surface area contributed by atoms with Gasteiger partial charge in [0.2, 0.25) is 0 Å². The van der Waals surface area contributed by atoms with E-state index in [0.29, 0.717) is 0 Å². The van der Waals surface area contributed by atoms with Crippen LogP contribution in [0, 0.1) is 0 Å². The number of pyridine rings is 2. The van der Waals surface area contributed by atoms with Crippen molar-refractivity contribution < 1.29 is 0 Å². The number of nitrogens with one attached hydrogen (secondary N) is 1. The van der Waals surface area contributed by atoms with Crippen LogP contribution < -0.4 is 10.2 Å². The molecule has 1 fully saturated rings. The Balaban J connectivity index is 1.61. The van der Waals surface area contributed by atoms with Crippen molar-refractivity contribution in [1.82, 2.24) is 15.3 Å². The monoisotopic (exact) mass is 282 g/mol. The number of rotatable bonds is 7. The average Bonchev–Trinajstić information content (AvgIpc) is 3.36.